The van der Waals surface area contributed by atoms with Gasteiger partial charge in [0.25, 0.3) is 0 Å². The quantitative estimate of drug-likeness (QED) is 0.678. The molecule has 2 rings (SSSR count). The molecule has 1 saturated heterocycles. The van der Waals surface area contributed by atoms with Crippen LogP contribution in [0.2, 0.25) is 0 Å². The fourth-order valence-electron chi connectivity index (χ4n) is 3.29. The van der Waals surface area contributed by atoms with Crippen molar-refractivity contribution in [2.45, 2.75) is 38.5 Å². The van der Waals surface area contributed by atoms with Gasteiger partial charge in [-0.05, 0) is 25.7 Å². The van der Waals surface area contributed by atoms with Gasteiger partial charge in [0, 0.05) is 26.3 Å². The minimum atomic E-state index is -0.559. The molecule has 0 spiro atoms. The first-order chi connectivity index (χ1) is 9.55. The molecule has 2 aliphatic rings. The van der Waals surface area contributed by atoms with E-state index in [0.29, 0.717) is 39.1 Å². The summed E-state index contributed by atoms with van der Waals surface area (Å²) in [4.78, 5) is 24.2. The summed E-state index contributed by atoms with van der Waals surface area (Å²) in [5.74, 6) is -0.361. The summed E-state index contributed by atoms with van der Waals surface area (Å²) < 4.78 is 5.30. The summed E-state index contributed by atoms with van der Waals surface area (Å²) in [5, 5.41) is 2.93. The summed E-state index contributed by atoms with van der Waals surface area (Å²) in [6.07, 6.45) is 4.80. The van der Waals surface area contributed by atoms with Crippen LogP contribution in [-0.2, 0) is 14.3 Å². The van der Waals surface area contributed by atoms with Crippen molar-refractivity contribution in [3.8, 4) is 0 Å². The average Bonchev–Trinajstić information content (AvgIpc) is 2.95. The number of rotatable bonds is 5. The molecule has 0 aromatic rings. The summed E-state index contributed by atoms with van der Waals surface area (Å²) in [6, 6.07) is 0. The SMILES string of the molecule is Cl.NCC1(C(=O)NCC2(C(N)=O)CCCC2)CCOCC1. The van der Waals surface area contributed by atoms with Crippen molar-refractivity contribution in [1.29, 1.82) is 0 Å². The molecule has 6 nitrogen and oxygen atoms in total. The normalized spacial score (nSPS) is 23.1. The zero-order valence-electron chi connectivity index (χ0n) is 12.4. The van der Waals surface area contributed by atoms with E-state index < -0.39 is 10.8 Å². The number of primary amides is 1. The number of carbonyl (C=O) groups excluding carboxylic acids is 2. The molecule has 1 aliphatic heterocycles. The van der Waals surface area contributed by atoms with Gasteiger partial charge in [0.2, 0.25) is 11.8 Å². The largest absolute Gasteiger partial charge is 0.381 e. The molecule has 2 amide bonds. The topological polar surface area (TPSA) is 107 Å². The highest BCUT2D eigenvalue weighted by Crippen LogP contribution is 2.38. The maximum absolute atomic E-state index is 12.5. The lowest BCUT2D eigenvalue weighted by Crippen LogP contribution is -2.53. The minimum Gasteiger partial charge on any atom is -0.381 e. The number of halogens is 1. The molecule has 21 heavy (non-hydrogen) atoms. The van der Waals surface area contributed by atoms with E-state index in [1.165, 1.54) is 0 Å². The van der Waals surface area contributed by atoms with Gasteiger partial charge in [0.05, 0.1) is 10.8 Å². The molecule has 7 heteroatoms. The zero-order chi connectivity index (χ0) is 14.6. The van der Waals surface area contributed by atoms with Crippen LogP contribution in [0.25, 0.3) is 0 Å². The lowest BCUT2D eigenvalue weighted by atomic mass is 9.78. The number of carbonyl (C=O) groups is 2. The number of hydrogen-bond donors (Lipinski definition) is 3. The highest BCUT2D eigenvalue weighted by molar-refractivity contribution is 5.86. The number of nitrogens with two attached hydrogens (primary N) is 2. The first-order valence-electron chi connectivity index (χ1n) is 7.41. The summed E-state index contributed by atoms with van der Waals surface area (Å²) >= 11 is 0. The van der Waals surface area contributed by atoms with Gasteiger partial charge in [-0.2, -0.15) is 0 Å². The third-order valence-electron chi connectivity index (χ3n) is 4.99. The second-order valence-electron chi connectivity index (χ2n) is 6.13. The number of amides is 2. The second-order valence-corrected chi connectivity index (χ2v) is 6.13. The summed E-state index contributed by atoms with van der Waals surface area (Å²) in [5.41, 5.74) is 10.2. The fourth-order valence-corrected chi connectivity index (χ4v) is 3.29. The van der Waals surface area contributed by atoms with E-state index in [-0.39, 0.29) is 24.2 Å². The smallest absolute Gasteiger partial charge is 0.227 e. The van der Waals surface area contributed by atoms with Crippen LogP contribution in [0.1, 0.15) is 38.5 Å². The molecule has 0 radical (unpaired) electrons. The van der Waals surface area contributed by atoms with Crippen molar-refractivity contribution in [2.75, 3.05) is 26.3 Å². The van der Waals surface area contributed by atoms with Gasteiger partial charge in [-0.15, -0.1) is 12.4 Å². The van der Waals surface area contributed by atoms with E-state index >= 15 is 0 Å². The Balaban J connectivity index is 0.00000220. The molecule has 0 aromatic carbocycles. The molecular weight excluding hydrogens is 294 g/mol. The van der Waals surface area contributed by atoms with Crippen molar-refractivity contribution in [3.05, 3.63) is 0 Å². The summed E-state index contributed by atoms with van der Waals surface area (Å²) in [6.45, 7) is 1.77. The van der Waals surface area contributed by atoms with Gasteiger partial charge in [-0.3, -0.25) is 9.59 Å². The number of nitrogens with one attached hydrogen (secondary N) is 1. The van der Waals surface area contributed by atoms with E-state index in [1.807, 2.05) is 0 Å². The molecule has 1 saturated carbocycles. The standard InChI is InChI=1S/C14H25N3O3.ClH/c15-9-13(5-7-20-8-6-13)12(19)17-10-14(11(16)18)3-1-2-4-14;/h1-10,15H2,(H2,16,18)(H,17,19);1H. The Morgan fingerprint density at radius 1 is 1.05 bits per heavy atom. The third-order valence-corrected chi connectivity index (χ3v) is 4.99. The average molecular weight is 320 g/mol. The maximum Gasteiger partial charge on any atom is 0.227 e. The summed E-state index contributed by atoms with van der Waals surface area (Å²) in [7, 11) is 0. The molecule has 1 aliphatic carbocycles. The van der Waals surface area contributed by atoms with Crippen LogP contribution >= 0.6 is 12.4 Å². The Morgan fingerprint density at radius 3 is 2.10 bits per heavy atom. The number of hydrogen-bond acceptors (Lipinski definition) is 4. The van der Waals surface area contributed by atoms with Crippen molar-refractivity contribution < 1.29 is 14.3 Å². The van der Waals surface area contributed by atoms with Gasteiger partial charge in [-0.25, -0.2) is 0 Å². The zero-order valence-corrected chi connectivity index (χ0v) is 13.2. The Bertz CT molecular complexity index is 378. The van der Waals surface area contributed by atoms with Gasteiger partial charge >= 0.3 is 0 Å². The predicted molar refractivity (Wildman–Crippen MR) is 81.9 cm³/mol. The van der Waals surface area contributed by atoms with Gasteiger partial charge < -0.3 is 21.5 Å². The van der Waals surface area contributed by atoms with Crippen LogP contribution in [0.5, 0.6) is 0 Å². The first-order valence-corrected chi connectivity index (χ1v) is 7.41. The maximum atomic E-state index is 12.5. The van der Waals surface area contributed by atoms with E-state index in [4.69, 9.17) is 16.2 Å². The van der Waals surface area contributed by atoms with Gasteiger partial charge in [0.15, 0.2) is 0 Å². The molecule has 122 valence electrons. The molecule has 0 bridgehead atoms. The fraction of sp³-hybridized carbons (Fsp3) is 0.857. The lowest BCUT2D eigenvalue weighted by molar-refractivity contribution is -0.137. The second kappa shape index (κ2) is 7.42. The lowest BCUT2D eigenvalue weighted by Gasteiger charge is -2.36. The van der Waals surface area contributed by atoms with Gasteiger partial charge in [-0.1, -0.05) is 12.8 Å². The molecule has 1 heterocycles. The third kappa shape index (κ3) is 3.67. The first kappa shape index (κ1) is 18.2. The Morgan fingerprint density at radius 2 is 1.62 bits per heavy atom. The predicted octanol–water partition coefficient (Wildman–Crippen LogP) is 0.326. The highest BCUT2D eigenvalue weighted by atomic mass is 35.5. The highest BCUT2D eigenvalue weighted by Gasteiger charge is 2.43. The number of ether oxygens (including phenoxy) is 1. The van der Waals surface area contributed by atoms with Crippen molar-refractivity contribution in [3.63, 3.8) is 0 Å². The van der Waals surface area contributed by atoms with Crippen LogP contribution in [0.3, 0.4) is 0 Å². The van der Waals surface area contributed by atoms with E-state index in [2.05, 4.69) is 5.32 Å². The molecule has 5 N–H and O–H groups in total. The van der Waals surface area contributed by atoms with Crippen LogP contribution in [0, 0.1) is 10.8 Å². The molecule has 2 fully saturated rings. The van der Waals surface area contributed by atoms with Crippen LogP contribution < -0.4 is 16.8 Å². The van der Waals surface area contributed by atoms with Crippen molar-refractivity contribution in [2.24, 2.45) is 22.3 Å². The minimum absolute atomic E-state index is 0. The van der Waals surface area contributed by atoms with E-state index in [0.717, 1.165) is 25.7 Å². The monoisotopic (exact) mass is 319 g/mol. The molecule has 0 aromatic heterocycles. The van der Waals surface area contributed by atoms with Crippen molar-refractivity contribution in [1.82, 2.24) is 5.32 Å². The van der Waals surface area contributed by atoms with Crippen molar-refractivity contribution >= 4 is 24.2 Å². The van der Waals surface area contributed by atoms with Crippen LogP contribution in [-0.4, -0.2) is 38.1 Å². The Kier molecular flexibility index (Phi) is 6.43. The molecule has 0 unspecified atom stereocenters. The molecular formula is C14H26ClN3O3. The van der Waals surface area contributed by atoms with Crippen LogP contribution in [0.15, 0.2) is 0 Å². The van der Waals surface area contributed by atoms with E-state index in [9.17, 15) is 9.59 Å². The Labute approximate surface area is 131 Å². The Hall–Kier alpha value is -0.850. The molecule has 0 atom stereocenters. The van der Waals surface area contributed by atoms with Gasteiger partial charge in [0.1, 0.15) is 0 Å². The van der Waals surface area contributed by atoms with E-state index in [1.54, 1.807) is 0 Å². The van der Waals surface area contributed by atoms with Crippen LogP contribution in [0.4, 0.5) is 0 Å².